The van der Waals surface area contributed by atoms with E-state index in [-0.39, 0.29) is 17.9 Å². The fourth-order valence-corrected chi connectivity index (χ4v) is 4.82. The van der Waals surface area contributed by atoms with Crippen molar-refractivity contribution in [3.05, 3.63) is 65.2 Å². The highest BCUT2D eigenvalue weighted by molar-refractivity contribution is 6.24. The molecule has 0 N–H and O–H groups in total. The molecule has 2 aromatic rings. The highest BCUT2D eigenvalue weighted by Crippen LogP contribution is 2.48. The Bertz CT molecular complexity index is 993. The van der Waals surface area contributed by atoms with Gasteiger partial charge in [0.1, 0.15) is 6.04 Å². The number of fused-ring (bicyclic) bond motifs is 3. The Balaban J connectivity index is 1.56. The van der Waals surface area contributed by atoms with Crippen molar-refractivity contribution >= 4 is 17.5 Å². The summed E-state index contributed by atoms with van der Waals surface area (Å²) in [6.45, 7) is 3.70. The molecule has 0 radical (unpaired) electrons. The number of imide groups is 1. The summed E-state index contributed by atoms with van der Waals surface area (Å²) in [7, 11) is 0. The van der Waals surface area contributed by atoms with Gasteiger partial charge in [0.25, 0.3) is 5.91 Å². The second-order valence-corrected chi connectivity index (χ2v) is 7.68. The van der Waals surface area contributed by atoms with Crippen LogP contribution in [0.25, 0.3) is 0 Å². The van der Waals surface area contributed by atoms with E-state index in [9.17, 15) is 9.59 Å². The first-order valence-electron chi connectivity index (χ1n) is 9.58. The molecule has 5 rings (SSSR count). The van der Waals surface area contributed by atoms with Crippen molar-refractivity contribution in [2.45, 2.75) is 25.4 Å². The van der Waals surface area contributed by atoms with Crippen molar-refractivity contribution in [3.63, 3.8) is 0 Å². The van der Waals surface area contributed by atoms with Gasteiger partial charge in [0.15, 0.2) is 0 Å². The van der Waals surface area contributed by atoms with E-state index in [1.807, 2.05) is 6.92 Å². The van der Waals surface area contributed by atoms with Crippen LogP contribution >= 0.6 is 0 Å². The van der Waals surface area contributed by atoms with Crippen LogP contribution in [0.4, 0.5) is 5.69 Å². The number of benzene rings is 2. The predicted molar refractivity (Wildman–Crippen MR) is 103 cm³/mol. The Kier molecular flexibility index (Phi) is 3.83. The van der Waals surface area contributed by atoms with E-state index in [1.54, 1.807) is 24.3 Å². The number of carbonyl (C=O) groups is 2. The maximum Gasteiger partial charge on any atom is 0.253 e. The number of hydrogen-bond donors (Lipinski definition) is 0. The van der Waals surface area contributed by atoms with E-state index >= 15 is 0 Å². The molecular weight excluding hydrogens is 352 g/mol. The Hall–Kier alpha value is -3.01. The number of anilines is 1. The van der Waals surface area contributed by atoms with Crippen LogP contribution in [0.5, 0.6) is 0 Å². The molecule has 3 saturated heterocycles. The third-order valence-electron chi connectivity index (χ3n) is 6.08. The van der Waals surface area contributed by atoms with Crippen LogP contribution in [0.1, 0.15) is 29.2 Å². The minimum Gasteiger partial charge on any atom is -0.274 e. The lowest BCUT2D eigenvalue weighted by atomic mass is 9.89. The number of hydrogen-bond acceptors (Lipinski definition) is 5. The van der Waals surface area contributed by atoms with Gasteiger partial charge in [-0.05, 0) is 43.2 Å². The normalized spacial score (nSPS) is 27.1. The number of carbonyl (C=O) groups excluding carboxylic acids is 2. The first-order valence-corrected chi connectivity index (χ1v) is 9.58. The van der Waals surface area contributed by atoms with E-state index in [0.717, 1.165) is 25.1 Å². The second-order valence-electron chi connectivity index (χ2n) is 7.68. The Morgan fingerprint density at radius 2 is 1.54 bits per heavy atom. The fourth-order valence-electron chi connectivity index (χ4n) is 4.82. The van der Waals surface area contributed by atoms with Crippen LogP contribution < -0.4 is 4.90 Å². The largest absolute Gasteiger partial charge is 0.274 e. The maximum atomic E-state index is 13.4. The lowest BCUT2D eigenvalue weighted by molar-refractivity contribution is -0.126. The average molecular weight is 372 g/mol. The number of rotatable bonds is 2. The monoisotopic (exact) mass is 372 g/mol. The Morgan fingerprint density at radius 3 is 2.18 bits per heavy atom. The summed E-state index contributed by atoms with van der Waals surface area (Å²) >= 11 is 0. The number of aryl methyl sites for hydroxylation is 1. The predicted octanol–water partition coefficient (Wildman–Crippen LogP) is 2.40. The lowest BCUT2D eigenvalue weighted by Crippen LogP contribution is -2.44. The molecule has 0 spiro atoms. The van der Waals surface area contributed by atoms with E-state index < -0.39 is 12.0 Å². The minimum absolute atomic E-state index is 0.118. The zero-order valence-electron chi connectivity index (χ0n) is 15.6. The second kappa shape index (κ2) is 6.26. The summed E-state index contributed by atoms with van der Waals surface area (Å²) in [6, 6.07) is 16.4. The molecule has 3 fully saturated rings. The standard InChI is InChI=1S/C22H20N4O2/c1-14-3-7-16(8-4-14)19-18-20(25-12-2-11-24(19)25)22(28)26(21(18)27)17-9-5-15(13-23)6-10-17/h3-10,18-20H,2,11-12H2,1H3/t18-,19-,20+/m0/s1. The van der Waals surface area contributed by atoms with Gasteiger partial charge in [0.05, 0.1) is 29.3 Å². The van der Waals surface area contributed by atoms with Crippen molar-refractivity contribution in [2.75, 3.05) is 18.0 Å². The van der Waals surface area contributed by atoms with Crippen LogP contribution in [0.15, 0.2) is 48.5 Å². The van der Waals surface area contributed by atoms with Gasteiger partial charge in [0, 0.05) is 13.1 Å². The van der Waals surface area contributed by atoms with Gasteiger partial charge in [-0.25, -0.2) is 14.9 Å². The van der Waals surface area contributed by atoms with Crippen molar-refractivity contribution in [1.29, 1.82) is 5.26 Å². The number of amides is 2. The summed E-state index contributed by atoms with van der Waals surface area (Å²) < 4.78 is 0. The molecule has 0 aliphatic carbocycles. The number of nitriles is 1. The van der Waals surface area contributed by atoms with E-state index in [2.05, 4.69) is 40.4 Å². The molecule has 6 heteroatoms. The summed E-state index contributed by atoms with van der Waals surface area (Å²) in [5.41, 5.74) is 3.29. The fraction of sp³-hybridized carbons (Fsp3) is 0.318. The van der Waals surface area contributed by atoms with Crippen molar-refractivity contribution in [2.24, 2.45) is 5.92 Å². The molecule has 0 bridgehead atoms. The van der Waals surface area contributed by atoms with Gasteiger partial charge in [-0.1, -0.05) is 29.8 Å². The third-order valence-corrected chi connectivity index (χ3v) is 6.08. The Morgan fingerprint density at radius 1 is 0.893 bits per heavy atom. The van der Waals surface area contributed by atoms with Gasteiger partial charge >= 0.3 is 0 Å². The molecule has 140 valence electrons. The molecule has 3 heterocycles. The highest BCUT2D eigenvalue weighted by atomic mass is 16.2. The lowest BCUT2D eigenvalue weighted by Gasteiger charge is -2.29. The molecule has 0 aromatic heterocycles. The molecule has 0 unspecified atom stereocenters. The average Bonchev–Trinajstić information content (AvgIpc) is 3.35. The highest BCUT2D eigenvalue weighted by Gasteiger charge is 2.62. The van der Waals surface area contributed by atoms with Crippen molar-refractivity contribution in [3.8, 4) is 6.07 Å². The van der Waals surface area contributed by atoms with Crippen LogP contribution in [0.3, 0.4) is 0 Å². The zero-order chi connectivity index (χ0) is 19.4. The van der Waals surface area contributed by atoms with Crippen LogP contribution in [-0.4, -0.2) is 41.0 Å². The zero-order valence-corrected chi connectivity index (χ0v) is 15.6. The quantitative estimate of drug-likeness (QED) is 0.758. The molecule has 3 atom stereocenters. The SMILES string of the molecule is Cc1ccc([C@H]2[C@@H]3C(=O)N(c4ccc(C#N)cc4)C(=O)[C@@H]3N3CCCN23)cc1. The van der Waals surface area contributed by atoms with E-state index in [0.29, 0.717) is 11.3 Å². The maximum absolute atomic E-state index is 13.4. The first kappa shape index (κ1) is 17.1. The smallest absolute Gasteiger partial charge is 0.253 e. The molecule has 0 saturated carbocycles. The number of hydrazine groups is 1. The summed E-state index contributed by atoms with van der Waals surface area (Å²) in [5, 5.41) is 13.3. The van der Waals surface area contributed by atoms with Crippen LogP contribution in [0, 0.1) is 24.2 Å². The van der Waals surface area contributed by atoms with Crippen LogP contribution in [0.2, 0.25) is 0 Å². The van der Waals surface area contributed by atoms with Gasteiger partial charge in [0.2, 0.25) is 5.91 Å². The van der Waals surface area contributed by atoms with Crippen molar-refractivity contribution < 1.29 is 9.59 Å². The number of nitrogens with zero attached hydrogens (tertiary/aromatic N) is 4. The molecule has 6 nitrogen and oxygen atoms in total. The first-order chi connectivity index (χ1) is 13.6. The molecule has 2 amide bonds. The molecule has 3 aliphatic heterocycles. The molecule has 2 aromatic carbocycles. The topological polar surface area (TPSA) is 67.6 Å². The third kappa shape index (κ3) is 2.34. The van der Waals surface area contributed by atoms with Gasteiger partial charge < -0.3 is 0 Å². The van der Waals surface area contributed by atoms with Gasteiger partial charge in [-0.15, -0.1) is 0 Å². The van der Waals surface area contributed by atoms with E-state index in [4.69, 9.17) is 5.26 Å². The molecule has 3 aliphatic rings. The van der Waals surface area contributed by atoms with Crippen LogP contribution in [-0.2, 0) is 9.59 Å². The molecular formula is C22H20N4O2. The van der Waals surface area contributed by atoms with Gasteiger partial charge in [-0.3, -0.25) is 9.59 Å². The van der Waals surface area contributed by atoms with Crippen molar-refractivity contribution in [1.82, 2.24) is 10.0 Å². The summed E-state index contributed by atoms with van der Waals surface area (Å²) in [4.78, 5) is 28.0. The summed E-state index contributed by atoms with van der Waals surface area (Å²) in [6.07, 6.45) is 0.990. The Labute approximate surface area is 163 Å². The van der Waals surface area contributed by atoms with Gasteiger partial charge in [-0.2, -0.15) is 5.26 Å². The minimum atomic E-state index is -0.447. The van der Waals surface area contributed by atoms with E-state index in [1.165, 1.54) is 10.5 Å². The molecule has 28 heavy (non-hydrogen) atoms. The summed E-state index contributed by atoms with van der Waals surface area (Å²) in [5.74, 6) is -0.730.